The first-order valence-corrected chi connectivity index (χ1v) is 13.8. The Balaban J connectivity index is 0. The van der Waals surface area contributed by atoms with Crippen LogP contribution in [0.4, 0.5) is 0 Å². The first-order chi connectivity index (χ1) is 16.2. The molecule has 192 valence electrons. The van der Waals surface area contributed by atoms with Crippen LogP contribution in [0, 0.1) is 0 Å². The first-order valence-electron chi connectivity index (χ1n) is 13.8. The van der Waals surface area contributed by atoms with E-state index in [1.807, 2.05) is 6.92 Å². The van der Waals surface area contributed by atoms with Gasteiger partial charge in [-0.2, -0.15) is 0 Å². The van der Waals surface area contributed by atoms with Crippen LogP contribution in [0.5, 0.6) is 0 Å². The van der Waals surface area contributed by atoms with E-state index < -0.39 is 5.97 Å². The van der Waals surface area contributed by atoms with Crippen molar-refractivity contribution in [2.75, 3.05) is 0 Å². The van der Waals surface area contributed by atoms with Crippen LogP contribution in [0.2, 0.25) is 0 Å². The van der Waals surface area contributed by atoms with Gasteiger partial charge in [0.1, 0.15) is 6.29 Å². The van der Waals surface area contributed by atoms with Crippen molar-refractivity contribution in [1.82, 2.24) is 0 Å². The molecule has 0 saturated carbocycles. The summed E-state index contributed by atoms with van der Waals surface area (Å²) in [5.41, 5.74) is 0. The zero-order chi connectivity index (χ0) is 24.7. The van der Waals surface area contributed by atoms with Crippen LogP contribution >= 0.6 is 0 Å². The lowest BCUT2D eigenvalue weighted by atomic mass is 10.1. The van der Waals surface area contributed by atoms with Gasteiger partial charge >= 0.3 is 5.97 Å². The van der Waals surface area contributed by atoms with Gasteiger partial charge in [-0.15, -0.1) is 0 Å². The molecule has 3 heteroatoms. The summed E-state index contributed by atoms with van der Waals surface area (Å²) in [4.78, 5) is 20.3. The quantitative estimate of drug-likeness (QED) is 0.0933. The molecule has 0 aliphatic heterocycles. The third-order valence-electron chi connectivity index (χ3n) is 5.52. The maximum absolute atomic E-state index is 10.3. The highest BCUT2D eigenvalue weighted by Gasteiger charge is 1.96. The maximum Gasteiger partial charge on any atom is 0.303 e. The van der Waals surface area contributed by atoms with Crippen molar-refractivity contribution in [3.05, 3.63) is 36.5 Å². The molecular weight excluding hydrogens is 408 g/mol. The van der Waals surface area contributed by atoms with Crippen molar-refractivity contribution in [3.8, 4) is 0 Å². The smallest absolute Gasteiger partial charge is 0.303 e. The van der Waals surface area contributed by atoms with Crippen molar-refractivity contribution in [2.24, 2.45) is 0 Å². The van der Waals surface area contributed by atoms with Crippen molar-refractivity contribution in [2.45, 2.75) is 142 Å². The minimum absolute atomic E-state index is 0.336. The lowest BCUT2D eigenvalue weighted by molar-refractivity contribution is -0.137. The number of carbonyl (C=O) groups excluding carboxylic acids is 1. The van der Waals surface area contributed by atoms with E-state index in [-0.39, 0.29) is 0 Å². The molecule has 0 saturated heterocycles. The Morgan fingerprint density at radius 1 is 0.606 bits per heavy atom. The summed E-state index contributed by atoms with van der Waals surface area (Å²) in [5.74, 6) is -0.662. The average molecular weight is 463 g/mol. The summed E-state index contributed by atoms with van der Waals surface area (Å²) in [7, 11) is 0. The van der Waals surface area contributed by atoms with E-state index in [2.05, 4.69) is 43.4 Å². The number of allylic oxidation sites excluding steroid dienone is 6. The van der Waals surface area contributed by atoms with E-state index >= 15 is 0 Å². The standard InChI is InChI=1S/C16H30O2.C14H24O/c1-2-3-4-5-6-7-8-9-10-11-12-13-14-15-16(17)18;1-2-3-4-5-6-7-8-9-10-11-12-13-14-15/h5-6H,2-4,7-15H2,1H3,(H,17,18);2-3,5-6,14H,4,7-13H2,1H3/b6-5-;3-2+,6-5-. The van der Waals surface area contributed by atoms with Gasteiger partial charge in [-0.1, -0.05) is 108 Å². The lowest BCUT2D eigenvalue weighted by Crippen LogP contribution is -1.93. The number of hydrogen-bond donors (Lipinski definition) is 1. The molecule has 0 aliphatic carbocycles. The van der Waals surface area contributed by atoms with E-state index in [4.69, 9.17) is 5.11 Å². The van der Waals surface area contributed by atoms with Crippen molar-refractivity contribution >= 4 is 12.3 Å². The van der Waals surface area contributed by atoms with Gasteiger partial charge < -0.3 is 9.90 Å². The second-order valence-corrected chi connectivity index (χ2v) is 8.81. The lowest BCUT2D eigenvalue weighted by Gasteiger charge is -2.00. The highest BCUT2D eigenvalue weighted by Crippen LogP contribution is 2.10. The Hall–Kier alpha value is -1.64. The molecule has 0 aromatic heterocycles. The van der Waals surface area contributed by atoms with E-state index in [0.717, 1.165) is 38.4 Å². The van der Waals surface area contributed by atoms with Crippen molar-refractivity contribution in [1.29, 1.82) is 0 Å². The number of hydrogen-bond acceptors (Lipinski definition) is 2. The predicted octanol–water partition coefficient (Wildman–Crippen LogP) is 9.77. The molecular formula is C30H54O3. The largest absolute Gasteiger partial charge is 0.481 e. The molecule has 1 N–H and O–H groups in total. The first kappa shape index (κ1) is 33.5. The van der Waals surface area contributed by atoms with Gasteiger partial charge in [0.25, 0.3) is 0 Å². The third-order valence-corrected chi connectivity index (χ3v) is 5.52. The van der Waals surface area contributed by atoms with Crippen molar-refractivity contribution in [3.63, 3.8) is 0 Å². The number of aliphatic carboxylic acids is 1. The van der Waals surface area contributed by atoms with E-state index in [1.165, 1.54) is 89.9 Å². The SMILES string of the molecule is C/C=C/C/C=C\CCCCCCCC=O.CCCC/C=C\CCCCCCCCCC(=O)O. The summed E-state index contributed by atoms with van der Waals surface area (Å²) in [6.07, 6.45) is 37.2. The van der Waals surface area contributed by atoms with Gasteiger partial charge in [-0.3, -0.25) is 4.79 Å². The van der Waals surface area contributed by atoms with E-state index in [0.29, 0.717) is 6.42 Å². The number of aldehydes is 1. The van der Waals surface area contributed by atoms with Crippen LogP contribution < -0.4 is 0 Å². The van der Waals surface area contributed by atoms with Crippen molar-refractivity contribution < 1.29 is 14.7 Å². The molecule has 0 aromatic carbocycles. The minimum Gasteiger partial charge on any atom is -0.481 e. The summed E-state index contributed by atoms with van der Waals surface area (Å²) in [6.45, 7) is 4.28. The zero-order valence-electron chi connectivity index (χ0n) is 21.9. The second kappa shape index (κ2) is 32.5. The van der Waals surface area contributed by atoms with Crippen LogP contribution in [-0.4, -0.2) is 17.4 Å². The Labute approximate surface area is 205 Å². The summed E-state index contributed by atoms with van der Waals surface area (Å²) < 4.78 is 0. The van der Waals surface area contributed by atoms with E-state index in [9.17, 15) is 9.59 Å². The molecule has 0 rings (SSSR count). The highest BCUT2D eigenvalue weighted by atomic mass is 16.4. The molecule has 0 amide bonds. The molecule has 0 unspecified atom stereocenters. The third kappa shape index (κ3) is 38.0. The van der Waals surface area contributed by atoms with Gasteiger partial charge in [0, 0.05) is 12.8 Å². The fraction of sp³-hybridized carbons (Fsp3) is 0.733. The van der Waals surface area contributed by atoms with Gasteiger partial charge in [0.2, 0.25) is 0 Å². The highest BCUT2D eigenvalue weighted by molar-refractivity contribution is 5.66. The summed E-state index contributed by atoms with van der Waals surface area (Å²) in [5, 5.41) is 8.48. The number of unbranched alkanes of at least 4 members (excludes halogenated alkanes) is 15. The fourth-order valence-corrected chi connectivity index (χ4v) is 3.43. The maximum atomic E-state index is 10.3. The Kier molecular flexibility index (Phi) is 33.1. The minimum atomic E-state index is -0.662. The van der Waals surface area contributed by atoms with E-state index in [1.54, 1.807) is 0 Å². The molecule has 0 atom stereocenters. The number of carboxylic acid groups (broad SMARTS) is 1. The number of rotatable bonds is 23. The number of carboxylic acids is 1. The Bertz CT molecular complexity index is 477. The van der Waals surface area contributed by atoms with Gasteiger partial charge in [-0.25, -0.2) is 0 Å². The molecule has 33 heavy (non-hydrogen) atoms. The molecule has 0 spiro atoms. The molecule has 0 radical (unpaired) electrons. The molecule has 0 heterocycles. The van der Waals surface area contributed by atoms with Gasteiger partial charge in [-0.05, 0) is 58.3 Å². The van der Waals surface area contributed by atoms with Gasteiger partial charge in [0.05, 0.1) is 0 Å². The molecule has 3 nitrogen and oxygen atoms in total. The van der Waals surface area contributed by atoms with Crippen LogP contribution in [0.15, 0.2) is 36.5 Å². The topological polar surface area (TPSA) is 54.4 Å². The molecule has 0 aromatic rings. The van der Waals surface area contributed by atoms with Gasteiger partial charge in [0.15, 0.2) is 0 Å². The van der Waals surface area contributed by atoms with Crippen LogP contribution in [0.25, 0.3) is 0 Å². The molecule has 0 aliphatic rings. The zero-order valence-corrected chi connectivity index (χ0v) is 21.9. The number of carbonyl (C=O) groups is 2. The second-order valence-electron chi connectivity index (χ2n) is 8.81. The normalized spacial score (nSPS) is 11.3. The van der Waals surface area contributed by atoms with Crippen LogP contribution in [-0.2, 0) is 9.59 Å². The van der Waals surface area contributed by atoms with Crippen LogP contribution in [0.1, 0.15) is 142 Å². The molecule has 0 bridgehead atoms. The predicted molar refractivity (Wildman–Crippen MR) is 145 cm³/mol. The average Bonchev–Trinajstić information content (AvgIpc) is 2.81. The van der Waals surface area contributed by atoms with Crippen LogP contribution in [0.3, 0.4) is 0 Å². The fourth-order valence-electron chi connectivity index (χ4n) is 3.43. The molecule has 0 fully saturated rings. The summed E-state index contributed by atoms with van der Waals surface area (Å²) in [6, 6.07) is 0. The Morgan fingerprint density at radius 2 is 1.06 bits per heavy atom. The Morgan fingerprint density at radius 3 is 1.55 bits per heavy atom. The summed E-state index contributed by atoms with van der Waals surface area (Å²) >= 11 is 0. The monoisotopic (exact) mass is 462 g/mol.